The molecule has 4 rings (SSSR count). The van der Waals surface area contributed by atoms with Gasteiger partial charge < -0.3 is 10.1 Å². The number of nitrogens with one attached hydrogen (secondary N) is 1. The molecule has 1 fully saturated rings. The van der Waals surface area contributed by atoms with Crippen LogP contribution in [-0.2, 0) is 4.79 Å². The van der Waals surface area contributed by atoms with Crippen LogP contribution in [0.5, 0.6) is 5.75 Å². The minimum Gasteiger partial charge on any atom is -0.496 e. The molecule has 2 aromatic rings. The lowest BCUT2D eigenvalue weighted by molar-refractivity contribution is -0.110. The highest BCUT2D eigenvalue weighted by atomic mass is 19.1. The van der Waals surface area contributed by atoms with E-state index in [9.17, 15) is 9.18 Å². The Hall–Kier alpha value is -2.62. The maximum absolute atomic E-state index is 13.6. The van der Waals surface area contributed by atoms with Crippen molar-refractivity contribution in [1.82, 2.24) is 0 Å². The van der Waals surface area contributed by atoms with Gasteiger partial charge >= 0.3 is 0 Å². The standard InChI is InChI=1S/C21H20FNO2/c1-25-20-9-6-13(10-16(20)14-4-2-3-5-14)11-18-17-12-15(22)7-8-19(17)23-21(18)24/h6-12,14H,2-5H2,1H3,(H,23,24). The van der Waals surface area contributed by atoms with E-state index in [1.54, 1.807) is 13.2 Å². The minimum atomic E-state index is -0.345. The van der Waals surface area contributed by atoms with Crippen molar-refractivity contribution in [3.8, 4) is 5.75 Å². The van der Waals surface area contributed by atoms with E-state index < -0.39 is 0 Å². The molecular weight excluding hydrogens is 317 g/mol. The van der Waals surface area contributed by atoms with Crippen molar-refractivity contribution in [2.45, 2.75) is 31.6 Å². The molecule has 3 nitrogen and oxygen atoms in total. The first-order chi connectivity index (χ1) is 12.2. The largest absolute Gasteiger partial charge is 0.496 e. The number of hydrogen-bond acceptors (Lipinski definition) is 2. The highest BCUT2D eigenvalue weighted by Gasteiger charge is 2.25. The summed E-state index contributed by atoms with van der Waals surface area (Å²) < 4.78 is 19.1. The Balaban J connectivity index is 1.76. The average molecular weight is 337 g/mol. The van der Waals surface area contributed by atoms with E-state index >= 15 is 0 Å². The fourth-order valence-corrected chi connectivity index (χ4v) is 3.87. The molecule has 4 heteroatoms. The molecule has 0 atom stereocenters. The number of hydrogen-bond donors (Lipinski definition) is 1. The second-order valence-electron chi connectivity index (χ2n) is 6.68. The van der Waals surface area contributed by atoms with Crippen LogP contribution in [0.2, 0.25) is 0 Å². The maximum Gasteiger partial charge on any atom is 0.256 e. The van der Waals surface area contributed by atoms with Gasteiger partial charge in [0.05, 0.1) is 7.11 Å². The number of anilines is 1. The van der Waals surface area contributed by atoms with E-state index in [2.05, 4.69) is 11.4 Å². The van der Waals surface area contributed by atoms with Gasteiger partial charge in [-0.3, -0.25) is 4.79 Å². The second kappa shape index (κ2) is 6.36. The van der Waals surface area contributed by atoms with Gasteiger partial charge in [0.25, 0.3) is 5.91 Å². The van der Waals surface area contributed by atoms with Crippen molar-refractivity contribution in [3.05, 3.63) is 58.9 Å². The lowest BCUT2D eigenvalue weighted by atomic mass is 9.94. The van der Waals surface area contributed by atoms with Crippen LogP contribution < -0.4 is 10.1 Å². The zero-order chi connectivity index (χ0) is 17.4. The molecule has 0 radical (unpaired) electrons. The van der Waals surface area contributed by atoms with Crippen molar-refractivity contribution >= 4 is 23.2 Å². The Kier molecular flexibility index (Phi) is 4.04. The fourth-order valence-electron chi connectivity index (χ4n) is 3.87. The van der Waals surface area contributed by atoms with Gasteiger partial charge in [0.15, 0.2) is 0 Å². The number of carbonyl (C=O) groups excluding carboxylic acids is 1. The van der Waals surface area contributed by atoms with Gasteiger partial charge in [-0.05, 0) is 66.3 Å². The summed E-state index contributed by atoms with van der Waals surface area (Å²) in [6.45, 7) is 0. The number of ether oxygens (including phenoxy) is 1. The Labute approximate surface area is 146 Å². The van der Waals surface area contributed by atoms with Gasteiger partial charge in [0.1, 0.15) is 11.6 Å². The fraction of sp³-hybridized carbons (Fsp3) is 0.286. The first kappa shape index (κ1) is 15.9. The SMILES string of the molecule is COc1ccc(C=C2C(=O)Nc3ccc(F)cc32)cc1C1CCCC1. The van der Waals surface area contributed by atoms with Crippen LogP contribution >= 0.6 is 0 Å². The third kappa shape index (κ3) is 2.93. The molecule has 1 saturated carbocycles. The Morgan fingerprint density at radius 1 is 1.16 bits per heavy atom. The van der Waals surface area contributed by atoms with E-state index in [1.807, 2.05) is 18.2 Å². The van der Waals surface area contributed by atoms with Crippen molar-refractivity contribution in [2.75, 3.05) is 12.4 Å². The molecule has 2 aliphatic rings. The second-order valence-corrected chi connectivity index (χ2v) is 6.68. The van der Waals surface area contributed by atoms with Gasteiger partial charge in [-0.1, -0.05) is 18.9 Å². The molecule has 1 N–H and O–H groups in total. The first-order valence-corrected chi connectivity index (χ1v) is 8.66. The van der Waals surface area contributed by atoms with E-state index in [1.165, 1.54) is 43.4 Å². The van der Waals surface area contributed by atoms with Crippen molar-refractivity contribution in [3.63, 3.8) is 0 Å². The van der Waals surface area contributed by atoms with E-state index in [-0.39, 0.29) is 11.7 Å². The quantitative estimate of drug-likeness (QED) is 0.802. The number of benzene rings is 2. The summed E-state index contributed by atoms with van der Waals surface area (Å²) in [5.41, 5.74) is 3.90. The first-order valence-electron chi connectivity index (χ1n) is 8.66. The van der Waals surface area contributed by atoms with E-state index in [0.29, 0.717) is 22.7 Å². The molecule has 2 aromatic carbocycles. The maximum atomic E-state index is 13.6. The van der Waals surface area contributed by atoms with Crippen LogP contribution in [0.25, 0.3) is 11.6 Å². The number of carbonyl (C=O) groups is 1. The van der Waals surface area contributed by atoms with Gasteiger partial charge in [0, 0.05) is 16.8 Å². The molecule has 1 amide bonds. The third-order valence-corrected chi connectivity index (χ3v) is 5.12. The Bertz CT molecular complexity index is 866. The number of halogens is 1. The van der Waals surface area contributed by atoms with E-state index in [0.717, 1.165) is 11.3 Å². The van der Waals surface area contributed by atoms with Crippen molar-refractivity contribution in [1.29, 1.82) is 0 Å². The topological polar surface area (TPSA) is 38.3 Å². The molecule has 0 unspecified atom stereocenters. The van der Waals surface area contributed by atoms with Crippen LogP contribution in [0.1, 0.15) is 48.3 Å². The summed E-state index contributed by atoms with van der Waals surface area (Å²) in [6, 6.07) is 10.4. The molecule has 128 valence electrons. The number of rotatable bonds is 3. The molecule has 1 aliphatic carbocycles. The lowest BCUT2D eigenvalue weighted by Gasteiger charge is -2.15. The van der Waals surface area contributed by atoms with Gasteiger partial charge in [-0.25, -0.2) is 4.39 Å². The number of methoxy groups -OCH3 is 1. The smallest absolute Gasteiger partial charge is 0.256 e. The molecule has 0 saturated heterocycles. The van der Waals surface area contributed by atoms with Crippen LogP contribution in [0, 0.1) is 5.82 Å². The summed E-state index contributed by atoms with van der Waals surface area (Å²) in [7, 11) is 1.69. The predicted octanol–water partition coefficient (Wildman–Crippen LogP) is 4.98. The molecule has 0 aromatic heterocycles. The van der Waals surface area contributed by atoms with E-state index in [4.69, 9.17) is 4.74 Å². The molecular formula is C21H20FNO2. The predicted molar refractivity (Wildman–Crippen MR) is 97.1 cm³/mol. The van der Waals surface area contributed by atoms with Gasteiger partial charge in [-0.2, -0.15) is 0 Å². The zero-order valence-corrected chi connectivity index (χ0v) is 14.1. The minimum absolute atomic E-state index is 0.196. The molecule has 0 spiro atoms. The number of fused-ring (bicyclic) bond motifs is 1. The summed E-state index contributed by atoms with van der Waals surface area (Å²) in [5.74, 6) is 0.869. The van der Waals surface area contributed by atoms with Crippen molar-refractivity contribution < 1.29 is 13.9 Å². The lowest BCUT2D eigenvalue weighted by Crippen LogP contribution is -2.03. The van der Waals surface area contributed by atoms with Gasteiger partial charge in [-0.15, -0.1) is 0 Å². The highest BCUT2D eigenvalue weighted by molar-refractivity contribution is 6.34. The summed E-state index contributed by atoms with van der Waals surface area (Å²) in [5, 5.41) is 2.79. The van der Waals surface area contributed by atoms with Crippen LogP contribution in [0.3, 0.4) is 0 Å². The van der Waals surface area contributed by atoms with Crippen LogP contribution in [0.15, 0.2) is 36.4 Å². The monoisotopic (exact) mass is 337 g/mol. The van der Waals surface area contributed by atoms with Crippen molar-refractivity contribution in [2.24, 2.45) is 0 Å². The summed E-state index contributed by atoms with van der Waals surface area (Å²) in [6.07, 6.45) is 6.66. The summed E-state index contributed by atoms with van der Waals surface area (Å²) >= 11 is 0. The van der Waals surface area contributed by atoms with Crippen LogP contribution in [0.4, 0.5) is 10.1 Å². The third-order valence-electron chi connectivity index (χ3n) is 5.12. The summed E-state index contributed by atoms with van der Waals surface area (Å²) in [4.78, 5) is 12.3. The molecule has 1 aliphatic heterocycles. The Morgan fingerprint density at radius 2 is 1.96 bits per heavy atom. The molecule has 0 bridgehead atoms. The van der Waals surface area contributed by atoms with Gasteiger partial charge in [0.2, 0.25) is 0 Å². The molecule has 1 heterocycles. The zero-order valence-electron chi connectivity index (χ0n) is 14.1. The Morgan fingerprint density at radius 3 is 2.72 bits per heavy atom. The number of amides is 1. The normalized spacial score (nSPS) is 18.5. The average Bonchev–Trinajstić information content (AvgIpc) is 3.24. The van der Waals surface area contributed by atoms with Crippen LogP contribution in [-0.4, -0.2) is 13.0 Å². The highest BCUT2D eigenvalue weighted by Crippen LogP contribution is 2.40. The molecule has 25 heavy (non-hydrogen) atoms.